The molecule has 5 rings (SSSR count). The van der Waals surface area contributed by atoms with Crippen LogP contribution in [0.3, 0.4) is 0 Å². The van der Waals surface area contributed by atoms with Gasteiger partial charge in [0.25, 0.3) is 0 Å². The Bertz CT molecular complexity index is 1060. The van der Waals surface area contributed by atoms with Crippen LogP contribution in [-0.2, 0) is 11.2 Å². The van der Waals surface area contributed by atoms with Crippen LogP contribution in [0.4, 0.5) is 0 Å². The third-order valence-electron chi connectivity index (χ3n) is 6.15. The summed E-state index contributed by atoms with van der Waals surface area (Å²) < 4.78 is 2.06. The number of imidazole rings is 1. The summed E-state index contributed by atoms with van der Waals surface area (Å²) in [5.41, 5.74) is 5.78. The van der Waals surface area contributed by atoms with Gasteiger partial charge >= 0.3 is 0 Å². The van der Waals surface area contributed by atoms with E-state index in [1.807, 2.05) is 30.3 Å². The van der Waals surface area contributed by atoms with Crippen LogP contribution >= 0.6 is 0 Å². The fourth-order valence-corrected chi connectivity index (χ4v) is 4.37. The van der Waals surface area contributed by atoms with E-state index in [-0.39, 0.29) is 6.04 Å². The van der Waals surface area contributed by atoms with E-state index in [2.05, 4.69) is 57.2 Å². The molecule has 2 aliphatic heterocycles. The fourth-order valence-electron chi connectivity index (χ4n) is 4.37. The molecule has 1 saturated heterocycles. The summed E-state index contributed by atoms with van der Waals surface area (Å²) in [6.07, 6.45) is 5.93. The smallest absolute Gasteiger partial charge is 0.148 e. The number of hydrogen-bond donors (Lipinski definition) is 1. The lowest BCUT2D eigenvalue weighted by Crippen LogP contribution is -2.47. The first kappa shape index (κ1) is 18.8. The van der Waals surface area contributed by atoms with Gasteiger partial charge in [-0.15, -0.1) is 0 Å². The van der Waals surface area contributed by atoms with Crippen molar-refractivity contribution in [2.75, 3.05) is 19.6 Å². The molecule has 30 heavy (non-hydrogen) atoms. The number of nitrogens with one attached hydrogen (secondary N) is 1. The van der Waals surface area contributed by atoms with Gasteiger partial charge in [0.1, 0.15) is 18.2 Å². The Morgan fingerprint density at radius 3 is 2.57 bits per heavy atom. The van der Waals surface area contributed by atoms with Gasteiger partial charge < -0.3 is 10.1 Å². The van der Waals surface area contributed by atoms with Gasteiger partial charge in [0, 0.05) is 43.0 Å². The van der Waals surface area contributed by atoms with Crippen molar-refractivity contribution in [2.45, 2.75) is 25.3 Å². The number of likely N-dealkylation sites (tertiary alicyclic amines) is 1. The second-order valence-corrected chi connectivity index (χ2v) is 8.14. The highest BCUT2D eigenvalue weighted by Crippen LogP contribution is 2.30. The van der Waals surface area contributed by atoms with Crippen LogP contribution in [0.5, 0.6) is 0 Å². The molecule has 2 aromatic carbocycles. The van der Waals surface area contributed by atoms with Crippen molar-refractivity contribution in [3.8, 4) is 11.4 Å². The number of fused-ring (bicyclic) bond motifs is 1. The number of carbonyl (C=O) groups excluding carboxylic acids is 1. The first-order valence-corrected chi connectivity index (χ1v) is 10.6. The number of benzene rings is 2. The van der Waals surface area contributed by atoms with E-state index in [9.17, 15) is 4.79 Å². The van der Waals surface area contributed by atoms with Crippen LogP contribution < -0.4 is 5.32 Å². The van der Waals surface area contributed by atoms with Crippen molar-refractivity contribution in [1.82, 2.24) is 19.8 Å². The maximum absolute atomic E-state index is 11.7. The standard InChI is InChI=1S/C25H26N4O/c1-2-18-8-10-19(11-9-18)21-13-28(14-21)15-22-16-29-24(23(17-30)27-22)12-26-25(29)20-6-4-3-5-7-20/h3-12,16-17,21,23,27H,2,13-15H2,1H3. The van der Waals surface area contributed by atoms with E-state index < -0.39 is 0 Å². The summed E-state index contributed by atoms with van der Waals surface area (Å²) in [7, 11) is 0. The first-order valence-electron chi connectivity index (χ1n) is 10.6. The van der Waals surface area contributed by atoms with Gasteiger partial charge in [-0.2, -0.15) is 0 Å². The lowest BCUT2D eigenvalue weighted by atomic mass is 9.90. The molecule has 0 aliphatic carbocycles. The van der Waals surface area contributed by atoms with E-state index in [1.165, 1.54) is 11.1 Å². The van der Waals surface area contributed by atoms with Crippen molar-refractivity contribution < 1.29 is 4.79 Å². The largest absolute Gasteiger partial charge is 0.372 e. The van der Waals surface area contributed by atoms with Crippen molar-refractivity contribution in [1.29, 1.82) is 0 Å². The lowest BCUT2D eigenvalue weighted by molar-refractivity contribution is -0.109. The van der Waals surface area contributed by atoms with Crippen molar-refractivity contribution >= 4 is 12.5 Å². The molecular weight excluding hydrogens is 372 g/mol. The Labute approximate surface area is 177 Å². The van der Waals surface area contributed by atoms with Crippen molar-refractivity contribution in [2.24, 2.45) is 0 Å². The molecule has 1 aromatic heterocycles. The van der Waals surface area contributed by atoms with Crippen LogP contribution in [0.1, 0.15) is 35.7 Å². The van der Waals surface area contributed by atoms with Crippen molar-refractivity contribution in [3.63, 3.8) is 0 Å². The first-order chi connectivity index (χ1) is 14.7. The second-order valence-electron chi connectivity index (χ2n) is 8.14. The van der Waals surface area contributed by atoms with E-state index in [4.69, 9.17) is 0 Å². The molecule has 0 saturated carbocycles. The molecular formula is C25H26N4O. The van der Waals surface area contributed by atoms with Gasteiger partial charge in [-0.05, 0) is 17.5 Å². The Hall–Kier alpha value is -3.18. The molecule has 1 unspecified atom stereocenters. The third kappa shape index (κ3) is 3.46. The van der Waals surface area contributed by atoms with Gasteiger partial charge in [0.2, 0.25) is 0 Å². The number of aromatic nitrogens is 2. The molecule has 1 fully saturated rings. The average Bonchev–Trinajstić information content (AvgIpc) is 3.20. The van der Waals surface area contributed by atoms with Gasteiger partial charge in [-0.3, -0.25) is 9.47 Å². The number of nitrogens with zero attached hydrogens (tertiary/aromatic N) is 3. The SMILES string of the molecule is CCc1ccc(C2CN(CC3=Cn4c(cnc4-c4ccccc4)C(C=O)N3)C2)cc1. The Morgan fingerprint density at radius 2 is 1.87 bits per heavy atom. The zero-order chi connectivity index (χ0) is 20.5. The molecule has 0 radical (unpaired) electrons. The molecule has 1 N–H and O–H groups in total. The molecule has 2 aliphatic rings. The highest BCUT2D eigenvalue weighted by molar-refractivity contribution is 5.68. The monoisotopic (exact) mass is 398 g/mol. The molecule has 0 spiro atoms. The Morgan fingerprint density at radius 1 is 1.10 bits per heavy atom. The van der Waals surface area contributed by atoms with E-state index >= 15 is 0 Å². The summed E-state index contributed by atoms with van der Waals surface area (Å²) in [6.45, 7) is 5.07. The number of hydrogen-bond acceptors (Lipinski definition) is 4. The van der Waals surface area contributed by atoms with Crippen LogP contribution in [0.2, 0.25) is 0 Å². The second kappa shape index (κ2) is 7.92. The Balaban J connectivity index is 1.31. The highest BCUT2D eigenvalue weighted by Gasteiger charge is 2.30. The summed E-state index contributed by atoms with van der Waals surface area (Å²) in [6, 6.07) is 18.8. The average molecular weight is 399 g/mol. The van der Waals surface area contributed by atoms with Crippen LogP contribution in [0.15, 0.2) is 66.5 Å². The molecule has 152 valence electrons. The number of aldehydes is 1. The van der Waals surface area contributed by atoms with E-state index in [0.29, 0.717) is 5.92 Å². The number of aryl methyl sites for hydroxylation is 1. The lowest BCUT2D eigenvalue weighted by Gasteiger charge is -2.41. The maximum atomic E-state index is 11.7. The predicted molar refractivity (Wildman–Crippen MR) is 119 cm³/mol. The van der Waals surface area contributed by atoms with E-state index in [0.717, 1.165) is 55.1 Å². The molecule has 0 amide bonds. The normalized spacial score (nSPS) is 18.8. The van der Waals surface area contributed by atoms with Crippen LogP contribution in [0, 0.1) is 0 Å². The Kier molecular flexibility index (Phi) is 4.97. The molecule has 5 heteroatoms. The van der Waals surface area contributed by atoms with Gasteiger partial charge in [-0.1, -0.05) is 61.5 Å². The maximum Gasteiger partial charge on any atom is 0.148 e. The minimum Gasteiger partial charge on any atom is -0.372 e. The molecule has 5 nitrogen and oxygen atoms in total. The highest BCUT2D eigenvalue weighted by atomic mass is 16.1. The molecule has 0 bridgehead atoms. The fraction of sp³-hybridized carbons (Fsp3) is 0.280. The molecule has 1 atom stereocenters. The molecule has 3 aromatic rings. The van der Waals surface area contributed by atoms with Crippen molar-refractivity contribution in [3.05, 3.63) is 83.3 Å². The molecule has 3 heterocycles. The zero-order valence-electron chi connectivity index (χ0n) is 17.2. The van der Waals surface area contributed by atoms with Crippen LogP contribution in [0.25, 0.3) is 17.6 Å². The van der Waals surface area contributed by atoms with Crippen LogP contribution in [-0.4, -0.2) is 40.4 Å². The predicted octanol–water partition coefficient (Wildman–Crippen LogP) is 3.85. The van der Waals surface area contributed by atoms with Gasteiger partial charge in [-0.25, -0.2) is 4.98 Å². The van der Waals surface area contributed by atoms with Gasteiger partial charge in [0.15, 0.2) is 0 Å². The zero-order valence-corrected chi connectivity index (χ0v) is 17.2. The number of carbonyl (C=O) groups is 1. The van der Waals surface area contributed by atoms with Gasteiger partial charge in [0.05, 0.1) is 11.9 Å². The summed E-state index contributed by atoms with van der Waals surface area (Å²) in [5, 5.41) is 3.38. The summed E-state index contributed by atoms with van der Waals surface area (Å²) >= 11 is 0. The quantitative estimate of drug-likeness (QED) is 0.641. The minimum absolute atomic E-state index is 0.367. The third-order valence-corrected chi connectivity index (χ3v) is 6.15. The summed E-state index contributed by atoms with van der Waals surface area (Å²) in [5.74, 6) is 1.46. The van der Waals surface area contributed by atoms with E-state index in [1.54, 1.807) is 6.20 Å². The topological polar surface area (TPSA) is 50.2 Å². The summed E-state index contributed by atoms with van der Waals surface area (Å²) in [4.78, 5) is 18.7. The minimum atomic E-state index is -0.367. The number of rotatable bonds is 6.